The molecule has 0 aliphatic rings. The van der Waals surface area contributed by atoms with E-state index < -0.39 is 38.7 Å². The summed E-state index contributed by atoms with van der Waals surface area (Å²) in [5, 5.41) is 0.343. The van der Waals surface area contributed by atoms with E-state index in [4.69, 9.17) is 0 Å². The molecule has 11 heteroatoms. The summed E-state index contributed by atoms with van der Waals surface area (Å²) < 4.78 is 60.3. The number of carbonyl (C=O) groups is 1. The second-order valence-corrected chi connectivity index (χ2v) is 10.9. The minimum Gasteiger partial charge on any atom is -0.345 e. The van der Waals surface area contributed by atoms with Gasteiger partial charge in [0, 0.05) is 47.8 Å². The van der Waals surface area contributed by atoms with E-state index in [1.165, 1.54) is 18.3 Å². The number of anilines is 1. The number of hydrogen-bond acceptors (Lipinski definition) is 5. The first-order valence-corrected chi connectivity index (χ1v) is 13.7. The standard InChI is InChI=1S/C28H25F2N5O3S/c1-4-5-17-6-8-19(9-7-17)39(37,38)34-23-11-10-22(29)24(25(23)30)26(36)21-15-32-27-20(21)12-18(14-31-27)28-33-13-16(2)35(28)3/h6-15,34H,4-5H2,1-3H3,(H,31,32). The van der Waals surface area contributed by atoms with Gasteiger partial charge in [-0.3, -0.25) is 9.52 Å². The smallest absolute Gasteiger partial charge is 0.261 e. The van der Waals surface area contributed by atoms with Gasteiger partial charge in [0.05, 0.1) is 16.1 Å². The summed E-state index contributed by atoms with van der Waals surface area (Å²) in [6.07, 6.45) is 6.29. The molecule has 3 aromatic heterocycles. The molecule has 0 spiro atoms. The Morgan fingerprint density at radius 2 is 1.82 bits per heavy atom. The zero-order chi connectivity index (χ0) is 27.9. The molecule has 0 saturated heterocycles. The Balaban J connectivity index is 1.51. The highest BCUT2D eigenvalue weighted by Crippen LogP contribution is 2.30. The van der Waals surface area contributed by atoms with Crippen LogP contribution in [-0.2, 0) is 23.5 Å². The number of aryl methyl sites for hydroxylation is 2. The number of aromatic amines is 1. The average molecular weight is 550 g/mol. The first-order chi connectivity index (χ1) is 18.6. The number of rotatable bonds is 8. The van der Waals surface area contributed by atoms with Crippen molar-refractivity contribution in [2.45, 2.75) is 31.6 Å². The monoisotopic (exact) mass is 549 g/mol. The number of aromatic nitrogens is 4. The Bertz CT molecular complexity index is 1830. The topological polar surface area (TPSA) is 110 Å². The highest BCUT2D eigenvalue weighted by molar-refractivity contribution is 7.92. The van der Waals surface area contributed by atoms with E-state index in [0.29, 0.717) is 22.4 Å². The van der Waals surface area contributed by atoms with Gasteiger partial charge in [-0.25, -0.2) is 27.2 Å². The lowest BCUT2D eigenvalue weighted by Gasteiger charge is -2.12. The molecule has 0 amide bonds. The number of H-pyrrole nitrogens is 1. The van der Waals surface area contributed by atoms with Crippen LogP contribution >= 0.6 is 0 Å². The molecule has 2 aromatic carbocycles. The fraction of sp³-hybridized carbons (Fsp3) is 0.179. The molecule has 0 atom stereocenters. The van der Waals surface area contributed by atoms with E-state index in [9.17, 15) is 17.6 Å². The van der Waals surface area contributed by atoms with Crippen molar-refractivity contribution in [1.29, 1.82) is 0 Å². The molecule has 39 heavy (non-hydrogen) atoms. The van der Waals surface area contributed by atoms with Gasteiger partial charge in [0.2, 0.25) is 5.78 Å². The molecular formula is C28H25F2N5O3S. The van der Waals surface area contributed by atoms with E-state index in [1.807, 2.05) is 25.5 Å². The maximum Gasteiger partial charge on any atom is 0.261 e. The van der Waals surface area contributed by atoms with E-state index in [0.717, 1.165) is 36.2 Å². The number of pyridine rings is 1. The summed E-state index contributed by atoms with van der Waals surface area (Å²) in [5.41, 5.74) is 1.39. The van der Waals surface area contributed by atoms with Crippen molar-refractivity contribution in [3.63, 3.8) is 0 Å². The molecule has 0 radical (unpaired) electrons. The molecule has 8 nitrogen and oxygen atoms in total. The van der Waals surface area contributed by atoms with Crippen LogP contribution in [0, 0.1) is 18.6 Å². The van der Waals surface area contributed by atoms with Gasteiger partial charge in [-0.1, -0.05) is 25.5 Å². The van der Waals surface area contributed by atoms with Gasteiger partial charge < -0.3 is 9.55 Å². The second-order valence-electron chi connectivity index (χ2n) is 9.22. The number of benzene rings is 2. The summed E-state index contributed by atoms with van der Waals surface area (Å²) >= 11 is 0. The Kier molecular flexibility index (Phi) is 6.77. The predicted molar refractivity (Wildman–Crippen MR) is 144 cm³/mol. The number of halogens is 2. The third-order valence-electron chi connectivity index (χ3n) is 6.59. The molecule has 0 aliphatic heterocycles. The molecule has 2 N–H and O–H groups in total. The van der Waals surface area contributed by atoms with E-state index in [2.05, 4.69) is 19.7 Å². The lowest BCUT2D eigenvalue weighted by molar-refractivity contribution is 0.103. The van der Waals surface area contributed by atoms with Crippen LogP contribution in [-0.4, -0.2) is 33.7 Å². The number of carbonyl (C=O) groups excluding carboxylic acids is 1. The van der Waals surface area contributed by atoms with Crippen molar-refractivity contribution in [3.05, 3.63) is 95.1 Å². The number of sulfonamides is 1. The first kappa shape index (κ1) is 26.2. The minimum atomic E-state index is -4.20. The van der Waals surface area contributed by atoms with Crippen molar-refractivity contribution in [1.82, 2.24) is 19.5 Å². The summed E-state index contributed by atoms with van der Waals surface area (Å²) in [4.78, 5) is 24.9. The van der Waals surface area contributed by atoms with Gasteiger partial charge in [-0.15, -0.1) is 0 Å². The highest BCUT2D eigenvalue weighted by atomic mass is 32.2. The number of ketones is 1. The summed E-state index contributed by atoms with van der Waals surface area (Å²) in [5.74, 6) is -2.79. The van der Waals surface area contributed by atoms with Crippen molar-refractivity contribution in [2.75, 3.05) is 4.72 Å². The summed E-state index contributed by atoms with van der Waals surface area (Å²) in [6, 6.07) is 9.66. The van der Waals surface area contributed by atoms with Gasteiger partial charge in [0.1, 0.15) is 17.3 Å². The molecule has 0 saturated carbocycles. The van der Waals surface area contributed by atoms with E-state index in [-0.39, 0.29) is 10.5 Å². The van der Waals surface area contributed by atoms with Crippen molar-refractivity contribution >= 4 is 32.5 Å². The van der Waals surface area contributed by atoms with Gasteiger partial charge in [0.15, 0.2) is 5.82 Å². The maximum atomic E-state index is 15.6. The van der Waals surface area contributed by atoms with Crippen molar-refractivity contribution in [2.24, 2.45) is 7.05 Å². The number of hydrogen-bond donors (Lipinski definition) is 2. The summed E-state index contributed by atoms with van der Waals surface area (Å²) in [6.45, 7) is 3.90. The van der Waals surface area contributed by atoms with Crippen LogP contribution in [0.5, 0.6) is 0 Å². The molecule has 0 aliphatic carbocycles. The van der Waals surface area contributed by atoms with E-state index >= 15 is 4.39 Å². The lowest BCUT2D eigenvalue weighted by Crippen LogP contribution is -2.16. The van der Waals surface area contributed by atoms with Crippen LogP contribution in [0.3, 0.4) is 0 Å². The Hall–Kier alpha value is -4.38. The van der Waals surface area contributed by atoms with Crippen LogP contribution < -0.4 is 4.72 Å². The van der Waals surface area contributed by atoms with Crippen LogP contribution in [0.15, 0.2) is 66.0 Å². The van der Waals surface area contributed by atoms with Gasteiger partial charge in [-0.05, 0) is 49.2 Å². The van der Waals surface area contributed by atoms with Crippen molar-refractivity contribution in [3.8, 4) is 11.4 Å². The Morgan fingerprint density at radius 3 is 2.49 bits per heavy atom. The van der Waals surface area contributed by atoms with Gasteiger partial charge in [0.25, 0.3) is 10.0 Å². The maximum absolute atomic E-state index is 15.6. The van der Waals surface area contributed by atoms with Crippen LogP contribution in [0.2, 0.25) is 0 Å². The van der Waals surface area contributed by atoms with Gasteiger partial charge in [-0.2, -0.15) is 0 Å². The van der Waals surface area contributed by atoms with Crippen molar-refractivity contribution < 1.29 is 22.0 Å². The molecule has 0 fully saturated rings. The molecule has 0 bridgehead atoms. The van der Waals surface area contributed by atoms with Gasteiger partial charge >= 0.3 is 0 Å². The normalized spacial score (nSPS) is 11.7. The first-order valence-electron chi connectivity index (χ1n) is 12.2. The Morgan fingerprint density at radius 1 is 1.08 bits per heavy atom. The quantitative estimate of drug-likeness (QED) is 0.247. The van der Waals surface area contributed by atoms with Crippen LogP contribution in [0.25, 0.3) is 22.4 Å². The molecular weight excluding hydrogens is 524 g/mol. The Labute approximate surface area is 223 Å². The fourth-order valence-corrected chi connectivity index (χ4v) is 5.44. The average Bonchev–Trinajstić information content (AvgIpc) is 3.48. The zero-order valence-corrected chi connectivity index (χ0v) is 22.2. The molecule has 5 aromatic rings. The van der Waals surface area contributed by atoms with Crippen LogP contribution in [0.1, 0.15) is 40.5 Å². The molecule has 0 unspecified atom stereocenters. The third kappa shape index (κ3) is 4.81. The van der Waals surface area contributed by atoms with E-state index in [1.54, 1.807) is 30.6 Å². The fourth-order valence-electron chi connectivity index (χ4n) is 4.38. The van der Waals surface area contributed by atoms with Crippen LogP contribution in [0.4, 0.5) is 14.5 Å². The molecule has 200 valence electrons. The molecule has 5 rings (SSSR count). The third-order valence-corrected chi connectivity index (χ3v) is 7.97. The largest absolute Gasteiger partial charge is 0.345 e. The molecule has 3 heterocycles. The number of fused-ring (bicyclic) bond motifs is 1. The number of nitrogens with one attached hydrogen (secondary N) is 2. The second kappa shape index (κ2) is 10.1. The minimum absolute atomic E-state index is 0.0189. The lowest BCUT2D eigenvalue weighted by atomic mass is 10.0. The SMILES string of the molecule is CCCc1ccc(S(=O)(=O)Nc2ccc(F)c(C(=O)c3c[nH]c4ncc(-c5ncc(C)n5C)cc34)c2F)cc1. The highest BCUT2D eigenvalue weighted by Gasteiger charge is 2.26. The summed E-state index contributed by atoms with van der Waals surface area (Å²) in [7, 11) is -2.36. The number of nitrogens with zero attached hydrogens (tertiary/aromatic N) is 3. The predicted octanol–water partition coefficient (Wildman–Crippen LogP) is 5.53. The zero-order valence-electron chi connectivity index (χ0n) is 21.4. The number of imidazole rings is 1.